The summed E-state index contributed by atoms with van der Waals surface area (Å²) in [5.41, 5.74) is 3.09. The molecule has 0 aliphatic rings. The molecule has 1 atom stereocenters. The standard InChI is InChI=1S/C37H43N3O5S/c1-27-20-21-33(28(2)22-27)40(46(43,44)32-18-11-8-12-19-32)26-35(41)39(25-30-16-13-17-31(23-30)45-6)34(36(42)38-37(3,4)5)24-29-14-9-7-10-15-29/h7-23,34H,24-26H2,1-6H3,(H,38,42). The van der Waals surface area contributed by atoms with E-state index in [9.17, 15) is 18.0 Å². The summed E-state index contributed by atoms with van der Waals surface area (Å²) in [6.07, 6.45) is 0.230. The van der Waals surface area contributed by atoms with E-state index in [0.717, 1.165) is 21.0 Å². The van der Waals surface area contributed by atoms with E-state index in [-0.39, 0.29) is 23.8 Å². The Morgan fingerprint density at radius 3 is 2.07 bits per heavy atom. The number of hydrogen-bond donors (Lipinski definition) is 1. The highest BCUT2D eigenvalue weighted by molar-refractivity contribution is 7.92. The highest BCUT2D eigenvalue weighted by Crippen LogP contribution is 2.29. The Labute approximate surface area is 273 Å². The van der Waals surface area contributed by atoms with E-state index in [2.05, 4.69) is 5.32 Å². The van der Waals surface area contributed by atoms with Gasteiger partial charge in [-0.05, 0) is 81.6 Å². The third-order valence-corrected chi connectivity index (χ3v) is 9.26. The molecule has 8 nitrogen and oxygen atoms in total. The van der Waals surface area contributed by atoms with Crippen LogP contribution >= 0.6 is 0 Å². The topological polar surface area (TPSA) is 96.0 Å². The van der Waals surface area contributed by atoms with Crippen molar-refractivity contribution < 1.29 is 22.7 Å². The molecule has 0 bridgehead atoms. The molecule has 4 aromatic carbocycles. The number of rotatable bonds is 12. The van der Waals surface area contributed by atoms with E-state index in [4.69, 9.17) is 4.74 Å². The van der Waals surface area contributed by atoms with Crippen molar-refractivity contribution in [2.24, 2.45) is 0 Å². The van der Waals surface area contributed by atoms with Gasteiger partial charge in [-0.3, -0.25) is 13.9 Å². The van der Waals surface area contributed by atoms with Crippen molar-refractivity contribution in [3.63, 3.8) is 0 Å². The molecule has 0 fully saturated rings. The Morgan fingerprint density at radius 1 is 0.826 bits per heavy atom. The SMILES string of the molecule is COc1cccc(CN(C(=O)CN(c2ccc(C)cc2C)S(=O)(=O)c2ccccc2)C(Cc2ccccc2)C(=O)NC(C)(C)C)c1. The van der Waals surface area contributed by atoms with Crippen LogP contribution in [-0.4, -0.2) is 50.4 Å². The number of nitrogens with zero attached hydrogens (tertiary/aromatic N) is 2. The summed E-state index contributed by atoms with van der Waals surface area (Å²) < 4.78 is 35.0. The third kappa shape index (κ3) is 8.75. The highest BCUT2D eigenvalue weighted by atomic mass is 32.2. The molecule has 0 aliphatic heterocycles. The van der Waals surface area contributed by atoms with Crippen molar-refractivity contribution in [2.45, 2.75) is 64.1 Å². The van der Waals surface area contributed by atoms with Gasteiger partial charge in [0.25, 0.3) is 10.0 Å². The predicted molar refractivity (Wildman–Crippen MR) is 182 cm³/mol. The van der Waals surface area contributed by atoms with Crippen LogP contribution in [0.4, 0.5) is 5.69 Å². The first-order valence-corrected chi connectivity index (χ1v) is 16.7. The molecule has 0 aromatic heterocycles. The number of sulfonamides is 1. The molecule has 0 saturated carbocycles. The fourth-order valence-corrected chi connectivity index (χ4v) is 6.79. The molecule has 0 saturated heterocycles. The lowest BCUT2D eigenvalue weighted by molar-refractivity contribution is -0.140. The van der Waals surface area contributed by atoms with Crippen LogP contribution in [0.25, 0.3) is 0 Å². The van der Waals surface area contributed by atoms with Gasteiger partial charge in [0.05, 0.1) is 17.7 Å². The van der Waals surface area contributed by atoms with Gasteiger partial charge in [0.2, 0.25) is 11.8 Å². The number of anilines is 1. The number of benzene rings is 4. The maximum atomic E-state index is 14.7. The number of amides is 2. The number of carbonyl (C=O) groups excluding carboxylic acids is 2. The number of methoxy groups -OCH3 is 1. The molecule has 4 rings (SSSR count). The number of ether oxygens (including phenoxy) is 1. The monoisotopic (exact) mass is 641 g/mol. The van der Waals surface area contributed by atoms with E-state index < -0.39 is 34.1 Å². The first-order chi connectivity index (χ1) is 21.8. The Hall–Kier alpha value is -4.63. The van der Waals surface area contributed by atoms with Crippen molar-refractivity contribution in [3.8, 4) is 5.75 Å². The highest BCUT2D eigenvalue weighted by Gasteiger charge is 2.36. The van der Waals surface area contributed by atoms with E-state index in [1.54, 1.807) is 37.4 Å². The van der Waals surface area contributed by atoms with E-state index >= 15 is 0 Å². The minimum absolute atomic E-state index is 0.0528. The summed E-state index contributed by atoms with van der Waals surface area (Å²) in [5.74, 6) is -0.254. The molecule has 2 amide bonds. The summed E-state index contributed by atoms with van der Waals surface area (Å²) >= 11 is 0. The van der Waals surface area contributed by atoms with Crippen LogP contribution in [0.3, 0.4) is 0 Å². The van der Waals surface area contributed by atoms with Gasteiger partial charge in [0.1, 0.15) is 18.3 Å². The zero-order chi connectivity index (χ0) is 33.5. The molecular weight excluding hydrogens is 598 g/mol. The minimum atomic E-state index is -4.17. The second-order valence-electron chi connectivity index (χ2n) is 12.4. The van der Waals surface area contributed by atoms with Crippen LogP contribution in [0.15, 0.2) is 108 Å². The molecule has 0 heterocycles. The molecular formula is C37H43N3O5S. The maximum Gasteiger partial charge on any atom is 0.264 e. The van der Waals surface area contributed by atoms with Gasteiger partial charge >= 0.3 is 0 Å². The second kappa shape index (κ2) is 14.6. The van der Waals surface area contributed by atoms with Crippen molar-refractivity contribution >= 4 is 27.5 Å². The average molecular weight is 642 g/mol. The number of aryl methyl sites for hydroxylation is 2. The van der Waals surface area contributed by atoms with Crippen molar-refractivity contribution in [2.75, 3.05) is 18.0 Å². The van der Waals surface area contributed by atoms with Gasteiger partial charge < -0.3 is 15.0 Å². The van der Waals surface area contributed by atoms with Crippen molar-refractivity contribution in [3.05, 3.63) is 125 Å². The van der Waals surface area contributed by atoms with Gasteiger partial charge in [0, 0.05) is 18.5 Å². The van der Waals surface area contributed by atoms with Crippen LogP contribution in [0.1, 0.15) is 43.0 Å². The summed E-state index contributed by atoms with van der Waals surface area (Å²) in [6.45, 7) is 8.93. The number of hydrogen-bond acceptors (Lipinski definition) is 5. The predicted octanol–water partition coefficient (Wildman–Crippen LogP) is 6.06. The van der Waals surface area contributed by atoms with Crippen LogP contribution in [0, 0.1) is 13.8 Å². The molecule has 46 heavy (non-hydrogen) atoms. The van der Waals surface area contributed by atoms with E-state index in [1.807, 2.05) is 95.3 Å². The minimum Gasteiger partial charge on any atom is -0.497 e. The third-order valence-electron chi connectivity index (χ3n) is 7.49. The van der Waals surface area contributed by atoms with Gasteiger partial charge in [-0.15, -0.1) is 0 Å². The number of carbonyl (C=O) groups is 2. The van der Waals surface area contributed by atoms with E-state index in [1.165, 1.54) is 17.0 Å². The molecule has 9 heteroatoms. The van der Waals surface area contributed by atoms with Crippen molar-refractivity contribution in [1.29, 1.82) is 0 Å². The normalized spacial score (nSPS) is 12.2. The summed E-state index contributed by atoms with van der Waals surface area (Å²) in [6, 6.07) is 29.3. The average Bonchev–Trinajstić information content (AvgIpc) is 3.02. The van der Waals surface area contributed by atoms with Crippen molar-refractivity contribution in [1.82, 2.24) is 10.2 Å². The summed E-state index contributed by atoms with van der Waals surface area (Å²) in [5, 5.41) is 3.05. The molecule has 242 valence electrons. The molecule has 1 N–H and O–H groups in total. The zero-order valence-electron chi connectivity index (χ0n) is 27.4. The zero-order valence-corrected chi connectivity index (χ0v) is 28.2. The van der Waals surface area contributed by atoms with Gasteiger partial charge in [-0.2, -0.15) is 0 Å². The van der Waals surface area contributed by atoms with Gasteiger partial charge in [-0.25, -0.2) is 8.42 Å². The lowest BCUT2D eigenvalue weighted by atomic mass is 10.0. The lowest BCUT2D eigenvalue weighted by Crippen LogP contribution is -2.56. The molecule has 4 aromatic rings. The Balaban J connectivity index is 1.85. The maximum absolute atomic E-state index is 14.7. The molecule has 0 spiro atoms. The fraction of sp³-hybridized carbons (Fsp3) is 0.297. The molecule has 0 radical (unpaired) electrons. The fourth-order valence-electron chi connectivity index (χ4n) is 5.29. The summed E-state index contributed by atoms with van der Waals surface area (Å²) in [4.78, 5) is 30.2. The number of nitrogens with one attached hydrogen (secondary N) is 1. The van der Waals surface area contributed by atoms with Gasteiger partial charge in [0.15, 0.2) is 0 Å². The smallest absolute Gasteiger partial charge is 0.264 e. The van der Waals surface area contributed by atoms with Crippen LogP contribution in [0.5, 0.6) is 5.75 Å². The molecule has 0 aliphatic carbocycles. The Bertz CT molecular complexity index is 1750. The van der Waals surface area contributed by atoms with Crippen LogP contribution in [0.2, 0.25) is 0 Å². The van der Waals surface area contributed by atoms with Crippen LogP contribution < -0.4 is 14.4 Å². The quantitative estimate of drug-likeness (QED) is 0.203. The van der Waals surface area contributed by atoms with E-state index in [0.29, 0.717) is 17.0 Å². The van der Waals surface area contributed by atoms with Crippen LogP contribution in [-0.2, 0) is 32.6 Å². The first-order valence-electron chi connectivity index (χ1n) is 15.2. The summed E-state index contributed by atoms with van der Waals surface area (Å²) in [7, 11) is -2.61. The largest absolute Gasteiger partial charge is 0.497 e. The first kappa shape index (κ1) is 34.2. The second-order valence-corrected chi connectivity index (χ2v) is 14.3. The molecule has 1 unspecified atom stereocenters. The van der Waals surface area contributed by atoms with Gasteiger partial charge in [-0.1, -0.05) is 78.4 Å². The Kier molecular flexibility index (Phi) is 10.9. The lowest BCUT2D eigenvalue weighted by Gasteiger charge is -2.35. The Morgan fingerprint density at radius 2 is 1.46 bits per heavy atom.